The van der Waals surface area contributed by atoms with Gasteiger partial charge in [-0.05, 0) is 12.0 Å². The van der Waals surface area contributed by atoms with E-state index in [1.54, 1.807) is 30.4 Å². The van der Waals surface area contributed by atoms with Gasteiger partial charge in [0, 0.05) is 11.1 Å². The van der Waals surface area contributed by atoms with Crippen LogP contribution < -0.4 is 0 Å². The van der Waals surface area contributed by atoms with E-state index in [-0.39, 0.29) is 11.3 Å². The lowest BCUT2D eigenvalue weighted by atomic mass is 9.80. The van der Waals surface area contributed by atoms with Crippen LogP contribution in [0.3, 0.4) is 0 Å². The number of hydrogen-bond donors (Lipinski definition) is 0. The number of carbonyl (C=O) groups excluding carboxylic acids is 3. The summed E-state index contributed by atoms with van der Waals surface area (Å²) in [6, 6.07) is 16.2. The molecule has 1 unspecified atom stereocenters. The predicted molar refractivity (Wildman–Crippen MR) is 82.9 cm³/mol. The summed E-state index contributed by atoms with van der Waals surface area (Å²) < 4.78 is 0. The number of rotatable bonds is 3. The number of ketones is 3. The maximum absolute atomic E-state index is 12.4. The molecule has 0 aliphatic heterocycles. The second-order valence-corrected chi connectivity index (χ2v) is 5.20. The topological polar surface area (TPSA) is 51.2 Å². The molecule has 0 amide bonds. The molecule has 2 aromatic rings. The van der Waals surface area contributed by atoms with Crippen molar-refractivity contribution in [3.63, 3.8) is 0 Å². The number of fused-ring (bicyclic) bond motifs is 1. The molecule has 22 heavy (non-hydrogen) atoms. The molecule has 0 fully saturated rings. The van der Waals surface area contributed by atoms with Crippen molar-refractivity contribution in [1.29, 1.82) is 0 Å². The van der Waals surface area contributed by atoms with Crippen molar-refractivity contribution >= 4 is 17.3 Å². The van der Waals surface area contributed by atoms with E-state index in [4.69, 9.17) is 0 Å². The zero-order chi connectivity index (χ0) is 15.5. The summed E-state index contributed by atoms with van der Waals surface area (Å²) in [5.41, 5.74) is 1.63. The molecular formula is C19H14O3. The van der Waals surface area contributed by atoms with Crippen molar-refractivity contribution in [2.75, 3.05) is 0 Å². The number of benzene rings is 2. The summed E-state index contributed by atoms with van der Waals surface area (Å²) in [6.45, 7) is 0. The minimum absolute atomic E-state index is 0.213. The van der Waals surface area contributed by atoms with Crippen LogP contribution in [0.4, 0.5) is 0 Å². The van der Waals surface area contributed by atoms with Crippen LogP contribution in [-0.4, -0.2) is 17.3 Å². The number of allylic oxidation sites excluding steroid dienone is 2. The average molecular weight is 290 g/mol. The quantitative estimate of drug-likeness (QED) is 0.496. The average Bonchev–Trinajstić information content (AvgIpc) is 2.57. The van der Waals surface area contributed by atoms with Crippen molar-refractivity contribution in [2.24, 2.45) is 5.92 Å². The van der Waals surface area contributed by atoms with Gasteiger partial charge in [0.15, 0.2) is 5.78 Å². The molecule has 0 radical (unpaired) electrons. The molecule has 1 aliphatic rings. The Balaban J connectivity index is 1.84. The molecule has 3 heteroatoms. The minimum atomic E-state index is -0.994. The Bertz CT molecular complexity index is 772. The van der Waals surface area contributed by atoms with Gasteiger partial charge in [0.25, 0.3) is 0 Å². The molecule has 0 spiro atoms. The van der Waals surface area contributed by atoms with E-state index in [1.807, 2.05) is 30.3 Å². The number of hydrogen-bond acceptors (Lipinski definition) is 3. The Morgan fingerprint density at radius 2 is 1.41 bits per heavy atom. The first-order valence-electron chi connectivity index (χ1n) is 7.11. The fourth-order valence-electron chi connectivity index (χ4n) is 2.59. The highest BCUT2D eigenvalue weighted by molar-refractivity contribution is 6.52. The van der Waals surface area contributed by atoms with E-state index in [0.717, 1.165) is 5.56 Å². The normalized spacial score (nSPS) is 17.8. The molecular weight excluding hydrogens is 276 g/mol. The van der Waals surface area contributed by atoms with E-state index in [2.05, 4.69) is 0 Å². The summed E-state index contributed by atoms with van der Waals surface area (Å²) in [6.07, 6.45) is 3.94. The van der Waals surface area contributed by atoms with Gasteiger partial charge in [0.2, 0.25) is 11.6 Å². The van der Waals surface area contributed by atoms with Crippen LogP contribution in [0.25, 0.3) is 0 Å². The first kappa shape index (κ1) is 14.1. The molecule has 1 aliphatic carbocycles. The second kappa shape index (κ2) is 5.90. The molecule has 2 aromatic carbocycles. The Hall–Kier alpha value is -2.81. The predicted octanol–water partition coefficient (Wildman–Crippen LogP) is 3.05. The molecule has 0 N–H and O–H groups in total. The maximum atomic E-state index is 12.4. The van der Waals surface area contributed by atoms with Crippen LogP contribution in [0.15, 0.2) is 66.7 Å². The minimum Gasteiger partial charge on any atom is -0.293 e. The van der Waals surface area contributed by atoms with E-state index >= 15 is 0 Å². The fraction of sp³-hybridized carbons (Fsp3) is 0.105. The molecule has 1 atom stereocenters. The van der Waals surface area contributed by atoms with Crippen LogP contribution in [0.2, 0.25) is 0 Å². The van der Waals surface area contributed by atoms with Crippen molar-refractivity contribution in [2.45, 2.75) is 6.42 Å². The Morgan fingerprint density at radius 1 is 0.773 bits per heavy atom. The number of carbonyl (C=O) groups is 3. The van der Waals surface area contributed by atoms with Gasteiger partial charge in [-0.1, -0.05) is 66.7 Å². The van der Waals surface area contributed by atoms with Gasteiger partial charge < -0.3 is 0 Å². The molecule has 0 saturated carbocycles. The van der Waals surface area contributed by atoms with Crippen molar-refractivity contribution in [3.05, 3.63) is 83.4 Å². The maximum Gasteiger partial charge on any atom is 0.230 e. The molecule has 0 saturated heterocycles. The highest BCUT2D eigenvalue weighted by Crippen LogP contribution is 2.24. The monoisotopic (exact) mass is 290 g/mol. The van der Waals surface area contributed by atoms with Crippen molar-refractivity contribution < 1.29 is 14.4 Å². The molecule has 108 valence electrons. The zero-order valence-corrected chi connectivity index (χ0v) is 11.9. The Morgan fingerprint density at radius 3 is 2.14 bits per heavy atom. The second-order valence-electron chi connectivity index (χ2n) is 5.20. The molecule has 0 aromatic heterocycles. The summed E-state index contributed by atoms with van der Waals surface area (Å²) in [4.78, 5) is 36.6. The number of Topliss-reactive ketones (excluding diaryl/α,β-unsaturated/α-hetero) is 3. The van der Waals surface area contributed by atoms with Crippen LogP contribution in [-0.2, 0) is 11.2 Å². The third kappa shape index (κ3) is 2.53. The highest BCUT2D eigenvalue weighted by atomic mass is 16.2. The van der Waals surface area contributed by atoms with Gasteiger partial charge in [-0.3, -0.25) is 14.4 Å². The molecule has 3 nitrogen and oxygen atoms in total. The standard InChI is InChI=1S/C19H14O3/c20-17-14-10-4-5-11-15(14)18(21)19(22)16(17)12-6-9-13-7-2-1-3-8-13/h1-8,10-12,16H,9H2. The van der Waals surface area contributed by atoms with Crippen LogP contribution in [0, 0.1) is 5.92 Å². The largest absolute Gasteiger partial charge is 0.293 e. The summed E-state index contributed by atoms with van der Waals surface area (Å²) >= 11 is 0. The first-order valence-corrected chi connectivity index (χ1v) is 7.11. The van der Waals surface area contributed by atoms with E-state index in [0.29, 0.717) is 12.0 Å². The third-order valence-corrected chi connectivity index (χ3v) is 3.75. The van der Waals surface area contributed by atoms with Gasteiger partial charge in [-0.15, -0.1) is 0 Å². The SMILES string of the molecule is O=C1C(=O)C(C=CCc2ccccc2)C(=O)c2ccccc21. The molecule has 3 rings (SSSR count). The summed E-state index contributed by atoms with van der Waals surface area (Å²) in [7, 11) is 0. The van der Waals surface area contributed by atoms with E-state index < -0.39 is 17.5 Å². The Kier molecular flexibility index (Phi) is 3.79. The lowest BCUT2D eigenvalue weighted by Gasteiger charge is -2.18. The van der Waals surface area contributed by atoms with Crippen molar-refractivity contribution in [3.8, 4) is 0 Å². The van der Waals surface area contributed by atoms with E-state index in [1.165, 1.54) is 6.07 Å². The fourth-order valence-corrected chi connectivity index (χ4v) is 2.59. The van der Waals surface area contributed by atoms with Crippen LogP contribution >= 0.6 is 0 Å². The Labute approximate surface area is 128 Å². The lowest BCUT2D eigenvalue weighted by molar-refractivity contribution is -0.116. The van der Waals surface area contributed by atoms with Gasteiger partial charge in [-0.2, -0.15) is 0 Å². The highest BCUT2D eigenvalue weighted by Gasteiger charge is 2.38. The smallest absolute Gasteiger partial charge is 0.230 e. The summed E-state index contributed by atoms with van der Waals surface area (Å²) in [5.74, 6) is -2.52. The van der Waals surface area contributed by atoms with Crippen molar-refractivity contribution in [1.82, 2.24) is 0 Å². The van der Waals surface area contributed by atoms with Gasteiger partial charge in [-0.25, -0.2) is 0 Å². The molecule has 0 bridgehead atoms. The lowest BCUT2D eigenvalue weighted by Crippen LogP contribution is -2.35. The van der Waals surface area contributed by atoms with Gasteiger partial charge >= 0.3 is 0 Å². The van der Waals surface area contributed by atoms with Gasteiger partial charge in [0.1, 0.15) is 5.92 Å². The third-order valence-electron chi connectivity index (χ3n) is 3.75. The van der Waals surface area contributed by atoms with Crippen LogP contribution in [0.5, 0.6) is 0 Å². The summed E-state index contributed by atoms with van der Waals surface area (Å²) in [5, 5.41) is 0. The first-order chi connectivity index (χ1) is 10.7. The van der Waals surface area contributed by atoms with Gasteiger partial charge in [0.05, 0.1) is 0 Å². The van der Waals surface area contributed by atoms with Crippen LogP contribution in [0.1, 0.15) is 26.3 Å². The van der Waals surface area contributed by atoms with E-state index in [9.17, 15) is 14.4 Å². The zero-order valence-electron chi connectivity index (χ0n) is 11.9. The molecule has 0 heterocycles.